The van der Waals surface area contributed by atoms with Crippen molar-refractivity contribution in [1.29, 1.82) is 0 Å². The highest BCUT2D eigenvalue weighted by Crippen LogP contribution is 2.30. The molecule has 9 heteroatoms. The number of nitrogens with one attached hydrogen (secondary N) is 3. The molecule has 0 aliphatic heterocycles. The molecule has 2 aromatic carbocycles. The number of carbonyl (C=O) groups is 1. The molecule has 0 saturated heterocycles. The Morgan fingerprint density at radius 3 is 2.47 bits per heavy atom. The summed E-state index contributed by atoms with van der Waals surface area (Å²) < 4.78 is 40.3. The van der Waals surface area contributed by atoms with Crippen LogP contribution in [0, 0.1) is 0 Å². The Balaban J connectivity index is 1.35. The Kier molecular flexibility index (Phi) is 4.58. The number of nitrogens with zero attached hydrogens (tertiary/aromatic N) is 2. The van der Waals surface area contributed by atoms with Gasteiger partial charge >= 0.3 is 6.18 Å². The van der Waals surface area contributed by atoms with Crippen LogP contribution in [0.15, 0.2) is 79.1 Å². The lowest BCUT2D eigenvalue weighted by molar-refractivity contribution is -0.140. The van der Waals surface area contributed by atoms with E-state index >= 15 is 0 Å². The number of benzene rings is 2. The van der Waals surface area contributed by atoms with Gasteiger partial charge in [-0.05, 0) is 54.6 Å². The van der Waals surface area contributed by atoms with E-state index in [9.17, 15) is 18.0 Å². The minimum atomic E-state index is -4.52. The van der Waals surface area contributed by atoms with Crippen molar-refractivity contribution in [3.05, 3.63) is 90.4 Å². The highest BCUT2D eigenvalue weighted by Gasteiger charge is 2.34. The standard InChI is InChI=1S/C23H16F3N5O/c24-23(25,26)19-13-31-20(5-2-6-21(31)30-19)28-14-7-9-15(10-8-14)29-22(32)17-3-1-4-18-16(17)11-12-27-18/h1-13,27-28H,(H,29,32). The molecule has 32 heavy (non-hydrogen) atoms. The zero-order valence-electron chi connectivity index (χ0n) is 16.4. The first-order chi connectivity index (χ1) is 15.4. The molecule has 3 aromatic heterocycles. The maximum atomic E-state index is 13.0. The molecule has 0 unspecified atom stereocenters. The molecule has 160 valence electrons. The van der Waals surface area contributed by atoms with Crippen LogP contribution in [0.5, 0.6) is 0 Å². The monoisotopic (exact) mass is 435 g/mol. The molecule has 0 radical (unpaired) electrons. The van der Waals surface area contributed by atoms with Crippen LogP contribution >= 0.6 is 0 Å². The van der Waals surface area contributed by atoms with E-state index in [0.29, 0.717) is 22.8 Å². The predicted octanol–water partition coefficient (Wildman–Crippen LogP) is 5.83. The Hall–Kier alpha value is -4.27. The van der Waals surface area contributed by atoms with E-state index in [1.807, 2.05) is 18.2 Å². The number of anilines is 3. The highest BCUT2D eigenvalue weighted by atomic mass is 19.4. The van der Waals surface area contributed by atoms with Gasteiger partial charge in [0.15, 0.2) is 5.69 Å². The number of hydrogen-bond acceptors (Lipinski definition) is 3. The van der Waals surface area contributed by atoms with Crippen molar-refractivity contribution in [2.75, 3.05) is 10.6 Å². The number of fused-ring (bicyclic) bond motifs is 2. The van der Waals surface area contributed by atoms with Gasteiger partial charge in [0.05, 0.1) is 0 Å². The van der Waals surface area contributed by atoms with Crippen LogP contribution in [-0.2, 0) is 6.18 Å². The summed E-state index contributed by atoms with van der Waals surface area (Å²) in [5.41, 5.74) is 1.89. The van der Waals surface area contributed by atoms with Gasteiger partial charge in [-0.25, -0.2) is 4.98 Å². The average Bonchev–Trinajstić information content (AvgIpc) is 3.42. The van der Waals surface area contributed by atoms with Crippen molar-refractivity contribution in [1.82, 2.24) is 14.4 Å². The SMILES string of the molecule is O=C(Nc1ccc(Nc2cccc3nc(C(F)(F)F)cn23)cc1)c1cccc2[nH]ccc12. The van der Waals surface area contributed by atoms with Gasteiger partial charge in [0, 0.05) is 40.2 Å². The van der Waals surface area contributed by atoms with Crippen LogP contribution in [-0.4, -0.2) is 20.3 Å². The van der Waals surface area contributed by atoms with Gasteiger partial charge in [-0.15, -0.1) is 0 Å². The van der Waals surface area contributed by atoms with E-state index in [-0.39, 0.29) is 11.6 Å². The minimum absolute atomic E-state index is 0.185. The lowest BCUT2D eigenvalue weighted by Crippen LogP contribution is -2.12. The number of aromatic amines is 1. The van der Waals surface area contributed by atoms with Gasteiger partial charge in [0.1, 0.15) is 11.5 Å². The number of pyridine rings is 1. The molecular formula is C23H16F3N5O. The van der Waals surface area contributed by atoms with Crippen molar-refractivity contribution >= 4 is 39.6 Å². The third-order valence-corrected chi connectivity index (χ3v) is 5.04. The summed E-state index contributed by atoms with van der Waals surface area (Å²) in [4.78, 5) is 19.4. The fourth-order valence-corrected chi connectivity index (χ4v) is 3.52. The van der Waals surface area contributed by atoms with Crippen molar-refractivity contribution in [3.8, 4) is 0 Å². The van der Waals surface area contributed by atoms with E-state index in [1.165, 1.54) is 10.5 Å². The number of hydrogen-bond donors (Lipinski definition) is 3. The molecule has 0 bridgehead atoms. The molecule has 5 rings (SSSR count). The van der Waals surface area contributed by atoms with Crippen LogP contribution in [0.1, 0.15) is 16.1 Å². The molecule has 5 aromatic rings. The summed E-state index contributed by atoms with van der Waals surface area (Å²) in [5, 5.41) is 6.77. The molecule has 0 spiro atoms. The van der Waals surface area contributed by atoms with E-state index < -0.39 is 11.9 Å². The summed E-state index contributed by atoms with van der Waals surface area (Å²) in [6.45, 7) is 0. The smallest absolute Gasteiger partial charge is 0.361 e. The Bertz CT molecular complexity index is 1430. The third kappa shape index (κ3) is 3.64. The number of amides is 1. The summed E-state index contributed by atoms with van der Waals surface area (Å²) in [6, 6.07) is 19.0. The van der Waals surface area contributed by atoms with Crippen molar-refractivity contribution in [2.45, 2.75) is 6.18 Å². The van der Waals surface area contributed by atoms with Crippen LogP contribution in [0.4, 0.5) is 30.4 Å². The number of aromatic nitrogens is 3. The van der Waals surface area contributed by atoms with Gasteiger partial charge < -0.3 is 15.6 Å². The normalized spacial score (nSPS) is 11.7. The molecule has 3 heterocycles. The second-order valence-electron chi connectivity index (χ2n) is 7.16. The topological polar surface area (TPSA) is 74.2 Å². The van der Waals surface area contributed by atoms with Gasteiger partial charge in [0.25, 0.3) is 5.91 Å². The first-order valence-electron chi connectivity index (χ1n) is 9.68. The van der Waals surface area contributed by atoms with Crippen molar-refractivity contribution in [3.63, 3.8) is 0 Å². The average molecular weight is 435 g/mol. The summed E-state index contributed by atoms with van der Waals surface area (Å²) in [7, 11) is 0. The van der Waals surface area contributed by atoms with E-state index in [2.05, 4.69) is 20.6 Å². The zero-order chi connectivity index (χ0) is 22.3. The first kappa shape index (κ1) is 19.7. The fraction of sp³-hybridized carbons (Fsp3) is 0.0435. The third-order valence-electron chi connectivity index (χ3n) is 5.04. The molecule has 0 aliphatic rings. The quantitative estimate of drug-likeness (QED) is 0.333. The number of alkyl halides is 3. The Labute approximate surface area is 179 Å². The summed E-state index contributed by atoms with van der Waals surface area (Å²) in [5.74, 6) is 0.195. The molecule has 0 atom stereocenters. The van der Waals surface area contributed by atoms with Gasteiger partial charge in [-0.3, -0.25) is 9.20 Å². The van der Waals surface area contributed by atoms with E-state index in [1.54, 1.807) is 48.7 Å². The number of carbonyl (C=O) groups excluding carboxylic acids is 1. The number of imidazole rings is 1. The second-order valence-corrected chi connectivity index (χ2v) is 7.16. The highest BCUT2D eigenvalue weighted by molar-refractivity contribution is 6.12. The fourth-order valence-electron chi connectivity index (χ4n) is 3.52. The number of halogens is 3. The second kappa shape index (κ2) is 7.45. The van der Waals surface area contributed by atoms with Gasteiger partial charge in [-0.1, -0.05) is 12.1 Å². The maximum absolute atomic E-state index is 13.0. The lowest BCUT2D eigenvalue weighted by atomic mass is 10.1. The lowest BCUT2D eigenvalue weighted by Gasteiger charge is -2.11. The number of rotatable bonds is 4. The first-order valence-corrected chi connectivity index (χ1v) is 9.68. The van der Waals surface area contributed by atoms with E-state index in [0.717, 1.165) is 17.1 Å². The van der Waals surface area contributed by atoms with Crippen LogP contribution in [0.2, 0.25) is 0 Å². The van der Waals surface area contributed by atoms with Crippen molar-refractivity contribution < 1.29 is 18.0 Å². The largest absolute Gasteiger partial charge is 0.434 e. The van der Waals surface area contributed by atoms with Gasteiger partial charge in [-0.2, -0.15) is 13.2 Å². The molecule has 0 fully saturated rings. The molecule has 1 amide bonds. The maximum Gasteiger partial charge on any atom is 0.434 e. The molecule has 6 nitrogen and oxygen atoms in total. The number of H-pyrrole nitrogens is 1. The minimum Gasteiger partial charge on any atom is -0.361 e. The Morgan fingerprint density at radius 2 is 1.69 bits per heavy atom. The van der Waals surface area contributed by atoms with Gasteiger partial charge in [0.2, 0.25) is 0 Å². The van der Waals surface area contributed by atoms with Crippen molar-refractivity contribution in [2.24, 2.45) is 0 Å². The van der Waals surface area contributed by atoms with Crippen LogP contribution in [0.25, 0.3) is 16.6 Å². The van der Waals surface area contributed by atoms with Crippen LogP contribution < -0.4 is 10.6 Å². The zero-order valence-corrected chi connectivity index (χ0v) is 16.4. The summed E-state index contributed by atoms with van der Waals surface area (Å²) >= 11 is 0. The molecule has 0 aliphatic carbocycles. The van der Waals surface area contributed by atoms with E-state index in [4.69, 9.17) is 0 Å². The summed E-state index contributed by atoms with van der Waals surface area (Å²) in [6.07, 6.45) is -1.79. The molecule has 0 saturated carbocycles. The Morgan fingerprint density at radius 1 is 0.938 bits per heavy atom. The predicted molar refractivity (Wildman–Crippen MR) is 116 cm³/mol. The molecular weight excluding hydrogens is 419 g/mol. The molecule has 3 N–H and O–H groups in total. The van der Waals surface area contributed by atoms with Crippen LogP contribution in [0.3, 0.4) is 0 Å².